The molecule has 1 aliphatic rings. The first-order valence-electron chi connectivity index (χ1n) is 4.26. The van der Waals surface area contributed by atoms with E-state index < -0.39 is 5.92 Å². The molecule has 0 bridgehead atoms. The van der Waals surface area contributed by atoms with E-state index in [1.807, 2.05) is 0 Å². The molecular weight excluding hydrogens is 166 g/mol. The minimum Gasteiger partial charge on any atom is -0.303 e. The number of aldehydes is 1. The van der Waals surface area contributed by atoms with Crippen LogP contribution < -0.4 is 0 Å². The van der Waals surface area contributed by atoms with Gasteiger partial charge in [0.25, 0.3) is 0 Å². The summed E-state index contributed by atoms with van der Waals surface area (Å²) >= 11 is 0. The number of nitrogens with zero attached hydrogens (tertiary/aromatic N) is 1. The Morgan fingerprint density at radius 3 is 3.15 bits per heavy atom. The van der Waals surface area contributed by atoms with Gasteiger partial charge in [-0.2, -0.15) is 0 Å². The van der Waals surface area contributed by atoms with E-state index in [2.05, 4.69) is 4.98 Å². The molecule has 1 aromatic rings. The molecule has 1 heterocycles. The summed E-state index contributed by atoms with van der Waals surface area (Å²) < 4.78 is 0. The second-order valence-electron chi connectivity index (χ2n) is 3.14. The number of hydrogen-bond acceptors (Lipinski definition) is 3. The summed E-state index contributed by atoms with van der Waals surface area (Å²) in [6.45, 7) is 0. The smallest absolute Gasteiger partial charge is 0.174 e. The molecule has 1 atom stereocenters. The van der Waals surface area contributed by atoms with Crippen molar-refractivity contribution in [2.45, 2.75) is 12.8 Å². The van der Waals surface area contributed by atoms with E-state index in [0.717, 1.165) is 18.4 Å². The van der Waals surface area contributed by atoms with Crippen molar-refractivity contribution in [3.63, 3.8) is 0 Å². The van der Waals surface area contributed by atoms with E-state index in [1.54, 1.807) is 18.3 Å². The molecular formula is C10H9NO2. The number of pyridine rings is 1. The molecule has 0 amide bonds. The van der Waals surface area contributed by atoms with Crippen molar-refractivity contribution in [3.05, 3.63) is 29.6 Å². The Bertz CT molecular complexity index is 360. The fourth-order valence-corrected chi connectivity index (χ4v) is 1.61. The highest BCUT2D eigenvalue weighted by Gasteiger charge is 2.26. The van der Waals surface area contributed by atoms with Gasteiger partial charge < -0.3 is 4.79 Å². The van der Waals surface area contributed by atoms with Gasteiger partial charge in [-0.15, -0.1) is 0 Å². The minimum atomic E-state index is -0.448. The maximum absolute atomic E-state index is 11.6. The summed E-state index contributed by atoms with van der Waals surface area (Å²) in [4.78, 5) is 26.2. The van der Waals surface area contributed by atoms with Crippen molar-refractivity contribution in [1.29, 1.82) is 0 Å². The van der Waals surface area contributed by atoms with Gasteiger partial charge in [-0.05, 0) is 25.0 Å². The molecule has 0 fully saturated rings. The predicted octanol–water partition coefficient (Wildman–Crippen LogP) is 1.03. The Morgan fingerprint density at radius 1 is 1.54 bits per heavy atom. The summed E-state index contributed by atoms with van der Waals surface area (Å²) in [5, 5.41) is 0. The van der Waals surface area contributed by atoms with Gasteiger partial charge in [0.2, 0.25) is 0 Å². The van der Waals surface area contributed by atoms with Gasteiger partial charge in [0.05, 0.1) is 11.6 Å². The number of Topliss-reactive ketones (excluding diaryl/α,β-unsaturated/α-hetero) is 1. The average Bonchev–Trinajstić information content (AvgIpc) is 2.19. The van der Waals surface area contributed by atoms with Crippen molar-refractivity contribution in [2.24, 2.45) is 5.92 Å². The highest BCUT2D eigenvalue weighted by Crippen LogP contribution is 2.22. The quantitative estimate of drug-likeness (QED) is 0.473. The Hall–Kier alpha value is -1.51. The molecule has 1 unspecified atom stereocenters. The van der Waals surface area contributed by atoms with E-state index in [9.17, 15) is 9.59 Å². The predicted molar refractivity (Wildman–Crippen MR) is 46.4 cm³/mol. The zero-order chi connectivity index (χ0) is 9.26. The number of aryl methyl sites for hydroxylation is 1. The molecule has 0 saturated heterocycles. The number of rotatable bonds is 1. The maximum Gasteiger partial charge on any atom is 0.174 e. The van der Waals surface area contributed by atoms with Crippen LogP contribution in [0, 0.1) is 5.92 Å². The van der Waals surface area contributed by atoms with E-state index in [1.165, 1.54) is 0 Å². The van der Waals surface area contributed by atoms with Crippen molar-refractivity contribution in [1.82, 2.24) is 4.98 Å². The highest BCUT2D eigenvalue weighted by atomic mass is 16.1. The number of hydrogen-bond donors (Lipinski definition) is 0. The summed E-state index contributed by atoms with van der Waals surface area (Å²) in [7, 11) is 0. The summed E-state index contributed by atoms with van der Waals surface area (Å²) in [5.41, 5.74) is 1.44. The highest BCUT2D eigenvalue weighted by molar-refractivity contribution is 6.06. The third kappa shape index (κ3) is 1.26. The zero-order valence-electron chi connectivity index (χ0n) is 7.06. The number of carbonyl (C=O) groups excluding carboxylic acids is 2. The summed E-state index contributed by atoms with van der Waals surface area (Å²) in [6.07, 6.45) is 3.74. The molecule has 66 valence electrons. The van der Waals surface area contributed by atoms with Crippen LogP contribution in [0.5, 0.6) is 0 Å². The Morgan fingerprint density at radius 2 is 2.38 bits per heavy atom. The third-order valence-corrected chi connectivity index (χ3v) is 2.35. The second kappa shape index (κ2) is 3.09. The topological polar surface area (TPSA) is 47.0 Å². The van der Waals surface area contributed by atoms with Crippen molar-refractivity contribution in [3.8, 4) is 0 Å². The summed E-state index contributed by atoms with van der Waals surface area (Å²) in [5.74, 6) is -0.527. The number of carbonyl (C=O) groups is 2. The normalized spacial score (nSPS) is 20.9. The molecule has 13 heavy (non-hydrogen) atoms. The van der Waals surface area contributed by atoms with Gasteiger partial charge in [-0.3, -0.25) is 9.78 Å². The van der Waals surface area contributed by atoms with Crippen LogP contribution in [-0.4, -0.2) is 17.1 Å². The van der Waals surface area contributed by atoms with E-state index in [4.69, 9.17) is 0 Å². The molecule has 0 saturated carbocycles. The fraction of sp³-hybridized carbons (Fsp3) is 0.300. The SMILES string of the molecule is O=CC1CCc2ncccc2C1=O. The molecule has 3 nitrogen and oxygen atoms in total. The first-order chi connectivity index (χ1) is 6.33. The Labute approximate surface area is 75.8 Å². The lowest BCUT2D eigenvalue weighted by atomic mass is 9.86. The van der Waals surface area contributed by atoms with Crippen LogP contribution in [0.3, 0.4) is 0 Å². The first kappa shape index (κ1) is 8.10. The number of ketones is 1. The van der Waals surface area contributed by atoms with Crippen LogP contribution in [0.25, 0.3) is 0 Å². The molecule has 0 aliphatic heterocycles. The molecule has 0 aromatic carbocycles. The van der Waals surface area contributed by atoms with Crippen molar-refractivity contribution in [2.75, 3.05) is 0 Å². The molecule has 1 aliphatic carbocycles. The average molecular weight is 175 g/mol. The molecule has 0 radical (unpaired) electrons. The second-order valence-corrected chi connectivity index (χ2v) is 3.14. The zero-order valence-corrected chi connectivity index (χ0v) is 7.06. The first-order valence-corrected chi connectivity index (χ1v) is 4.26. The van der Waals surface area contributed by atoms with Crippen LogP contribution in [0.15, 0.2) is 18.3 Å². The lowest BCUT2D eigenvalue weighted by molar-refractivity contribution is -0.110. The van der Waals surface area contributed by atoms with Gasteiger partial charge in [0.15, 0.2) is 5.78 Å². The minimum absolute atomic E-state index is 0.0793. The van der Waals surface area contributed by atoms with E-state index in [0.29, 0.717) is 12.0 Å². The third-order valence-electron chi connectivity index (χ3n) is 2.35. The Balaban J connectivity index is 2.45. The maximum atomic E-state index is 11.6. The van der Waals surface area contributed by atoms with Gasteiger partial charge in [-0.1, -0.05) is 0 Å². The van der Waals surface area contributed by atoms with E-state index in [-0.39, 0.29) is 5.78 Å². The molecule has 3 heteroatoms. The van der Waals surface area contributed by atoms with Gasteiger partial charge in [0, 0.05) is 11.8 Å². The van der Waals surface area contributed by atoms with Crippen LogP contribution in [0.2, 0.25) is 0 Å². The van der Waals surface area contributed by atoms with Crippen LogP contribution in [-0.2, 0) is 11.2 Å². The largest absolute Gasteiger partial charge is 0.303 e. The van der Waals surface area contributed by atoms with Crippen LogP contribution in [0.1, 0.15) is 22.5 Å². The molecule has 1 aromatic heterocycles. The van der Waals surface area contributed by atoms with Crippen molar-refractivity contribution < 1.29 is 9.59 Å². The monoisotopic (exact) mass is 175 g/mol. The summed E-state index contributed by atoms with van der Waals surface area (Å²) in [6, 6.07) is 3.46. The standard InChI is InChI=1S/C10H9NO2/c12-6-7-3-4-9-8(10(7)13)2-1-5-11-9/h1-2,5-7H,3-4H2. The van der Waals surface area contributed by atoms with Crippen LogP contribution in [0.4, 0.5) is 0 Å². The number of fused-ring (bicyclic) bond motifs is 1. The fourth-order valence-electron chi connectivity index (χ4n) is 1.61. The molecule has 0 spiro atoms. The van der Waals surface area contributed by atoms with E-state index >= 15 is 0 Å². The Kier molecular flexibility index (Phi) is 1.93. The van der Waals surface area contributed by atoms with Crippen molar-refractivity contribution >= 4 is 12.1 Å². The lowest BCUT2D eigenvalue weighted by Gasteiger charge is -2.17. The van der Waals surface area contributed by atoms with Crippen LogP contribution >= 0.6 is 0 Å². The lowest BCUT2D eigenvalue weighted by Crippen LogP contribution is -2.24. The number of aromatic nitrogens is 1. The van der Waals surface area contributed by atoms with Gasteiger partial charge in [0.1, 0.15) is 6.29 Å². The van der Waals surface area contributed by atoms with Gasteiger partial charge in [-0.25, -0.2) is 0 Å². The van der Waals surface area contributed by atoms with Gasteiger partial charge >= 0.3 is 0 Å². The molecule has 2 rings (SSSR count). The molecule has 0 N–H and O–H groups in total.